The maximum absolute atomic E-state index is 13.8. The van der Waals surface area contributed by atoms with Gasteiger partial charge in [-0.05, 0) is 88.3 Å². The number of anilines is 1. The van der Waals surface area contributed by atoms with Crippen LogP contribution in [0.1, 0.15) is 62.0 Å². The van der Waals surface area contributed by atoms with Gasteiger partial charge in [-0.1, -0.05) is 6.07 Å². The summed E-state index contributed by atoms with van der Waals surface area (Å²) in [7, 11) is 0. The van der Waals surface area contributed by atoms with Gasteiger partial charge in [0, 0.05) is 49.9 Å². The molecule has 1 saturated carbocycles. The Morgan fingerprint density at radius 2 is 1.78 bits per heavy atom. The molecule has 11 heteroatoms. The smallest absolute Gasteiger partial charge is 0.225 e. The van der Waals surface area contributed by atoms with Crippen LogP contribution in [0.25, 0.3) is 11.0 Å². The number of hydrogen-bond acceptors (Lipinski definition) is 9. The van der Waals surface area contributed by atoms with Crippen molar-refractivity contribution in [1.29, 1.82) is 0 Å². The number of pyridine rings is 1. The van der Waals surface area contributed by atoms with Gasteiger partial charge in [-0.3, -0.25) is 9.78 Å². The third-order valence-corrected chi connectivity index (χ3v) is 9.89. The first-order valence-electron chi connectivity index (χ1n) is 16.8. The fourth-order valence-corrected chi connectivity index (χ4v) is 7.61. The lowest BCUT2D eigenvalue weighted by Gasteiger charge is -2.46. The molecule has 4 aromatic rings. The number of nitrogens with one attached hydrogen (secondary N) is 1. The molecule has 0 bridgehead atoms. The van der Waals surface area contributed by atoms with E-state index in [-0.39, 0.29) is 11.5 Å². The molecule has 0 radical (unpaired) electrons. The summed E-state index contributed by atoms with van der Waals surface area (Å²) in [6.07, 6.45) is 8.07. The molecule has 0 atom stereocenters. The molecule has 3 aliphatic rings. The zero-order chi connectivity index (χ0) is 31.7. The van der Waals surface area contributed by atoms with E-state index < -0.39 is 0 Å². The lowest BCUT2D eigenvalue weighted by Crippen LogP contribution is -2.53. The fourth-order valence-electron chi connectivity index (χ4n) is 7.61. The molecule has 5 heterocycles. The number of amides is 1. The van der Waals surface area contributed by atoms with Crippen LogP contribution in [0.15, 0.2) is 42.9 Å². The Hall–Kier alpha value is -4.25. The Balaban J connectivity index is 0.992. The van der Waals surface area contributed by atoms with E-state index in [2.05, 4.69) is 47.3 Å². The van der Waals surface area contributed by atoms with Gasteiger partial charge in [0.1, 0.15) is 12.1 Å². The molecule has 1 amide bonds. The van der Waals surface area contributed by atoms with E-state index in [1.807, 2.05) is 49.8 Å². The standard InChI is InChI=1S/C35H44N8O3/c1-4-45-30-19-26-11-14-38-35(29(26)20-31(30)46-5-2)12-9-25(10-13-35)34(44)42-17-15-41(16-18-42)32-28-21-39-43(33(28)37-23-36-32)22-27-8-6-7-24(3)40-27/h6-8,19-21,23,25,38H,4-5,9-18,22H2,1-3H3/t25-,35-. The molecular weight excluding hydrogens is 580 g/mol. The Bertz CT molecular complexity index is 1710. The van der Waals surface area contributed by atoms with E-state index in [0.717, 1.165) is 91.5 Å². The number of nitrogens with zero attached hydrogens (tertiary/aromatic N) is 7. The van der Waals surface area contributed by atoms with Crippen molar-refractivity contribution in [2.75, 3.05) is 50.8 Å². The minimum absolute atomic E-state index is 0.0534. The van der Waals surface area contributed by atoms with Crippen molar-refractivity contribution in [3.8, 4) is 11.5 Å². The highest BCUT2D eigenvalue weighted by atomic mass is 16.5. The quantitative estimate of drug-likeness (QED) is 0.308. The third-order valence-electron chi connectivity index (χ3n) is 9.89. The molecule has 242 valence electrons. The lowest BCUT2D eigenvalue weighted by atomic mass is 9.69. The Morgan fingerprint density at radius 3 is 2.52 bits per heavy atom. The van der Waals surface area contributed by atoms with Crippen LogP contribution in [0.2, 0.25) is 0 Å². The van der Waals surface area contributed by atoms with Crippen molar-refractivity contribution < 1.29 is 14.3 Å². The van der Waals surface area contributed by atoms with Crippen LogP contribution in [-0.4, -0.2) is 81.5 Å². The number of benzene rings is 1. The van der Waals surface area contributed by atoms with Crippen LogP contribution >= 0.6 is 0 Å². The van der Waals surface area contributed by atoms with Crippen molar-refractivity contribution >= 4 is 22.8 Å². The van der Waals surface area contributed by atoms with E-state index >= 15 is 0 Å². The molecule has 2 fully saturated rings. The Morgan fingerprint density at radius 1 is 1.02 bits per heavy atom. The zero-order valence-electron chi connectivity index (χ0n) is 27.2. The number of aryl methyl sites for hydroxylation is 1. The first-order chi connectivity index (χ1) is 22.5. The normalized spacial score (nSPS) is 21.4. The van der Waals surface area contributed by atoms with Gasteiger partial charge in [-0.25, -0.2) is 14.6 Å². The molecule has 7 rings (SSSR count). The number of piperazine rings is 1. The summed E-state index contributed by atoms with van der Waals surface area (Å²) in [4.78, 5) is 31.9. The maximum atomic E-state index is 13.8. The van der Waals surface area contributed by atoms with Crippen LogP contribution in [0.5, 0.6) is 11.5 Å². The molecule has 1 aliphatic carbocycles. The highest BCUT2D eigenvalue weighted by Gasteiger charge is 2.43. The monoisotopic (exact) mass is 624 g/mol. The zero-order valence-corrected chi connectivity index (χ0v) is 27.2. The summed E-state index contributed by atoms with van der Waals surface area (Å²) in [5.74, 6) is 2.87. The summed E-state index contributed by atoms with van der Waals surface area (Å²) in [6.45, 7) is 11.5. The van der Waals surface area contributed by atoms with Crippen molar-refractivity contribution in [2.45, 2.75) is 65.0 Å². The van der Waals surface area contributed by atoms with E-state index in [9.17, 15) is 4.79 Å². The van der Waals surface area contributed by atoms with Crippen molar-refractivity contribution in [1.82, 2.24) is 34.9 Å². The molecule has 1 N–H and O–H groups in total. The van der Waals surface area contributed by atoms with Gasteiger partial charge in [0.25, 0.3) is 0 Å². The molecule has 11 nitrogen and oxygen atoms in total. The molecule has 3 aromatic heterocycles. The second-order valence-corrected chi connectivity index (χ2v) is 12.7. The number of ether oxygens (including phenoxy) is 2. The van der Waals surface area contributed by atoms with Gasteiger partial charge in [0.15, 0.2) is 17.1 Å². The van der Waals surface area contributed by atoms with Crippen LogP contribution in [0.4, 0.5) is 5.82 Å². The SMILES string of the molecule is CCOc1cc2c(cc1OCC)[C@]1(CC[C@@H](C(=O)N3CCN(c4ncnc5c4cnn5Cc4cccc(C)n4)CC3)CC1)NCC2. The lowest BCUT2D eigenvalue weighted by molar-refractivity contribution is -0.137. The first-order valence-corrected chi connectivity index (χ1v) is 16.8. The number of rotatable bonds is 8. The van der Waals surface area contributed by atoms with Gasteiger partial charge < -0.3 is 24.6 Å². The van der Waals surface area contributed by atoms with Crippen molar-refractivity contribution in [3.05, 3.63) is 65.4 Å². The van der Waals surface area contributed by atoms with Crippen LogP contribution in [0.3, 0.4) is 0 Å². The fraction of sp³-hybridized carbons (Fsp3) is 0.514. The summed E-state index contributed by atoms with van der Waals surface area (Å²) in [5.41, 5.74) is 5.26. The molecule has 2 aliphatic heterocycles. The summed E-state index contributed by atoms with van der Waals surface area (Å²) in [6, 6.07) is 10.4. The summed E-state index contributed by atoms with van der Waals surface area (Å²) < 4.78 is 13.8. The number of aromatic nitrogens is 5. The number of carbonyl (C=O) groups excluding carboxylic acids is 1. The number of carbonyl (C=O) groups is 1. The van der Waals surface area contributed by atoms with Crippen LogP contribution in [0, 0.1) is 12.8 Å². The van der Waals surface area contributed by atoms with Crippen LogP contribution < -0.4 is 19.7 Å². The average molecular weight is 625 g/mol. The Labute approximate surface area is 270 Å². The van der Waals surface area contributed by atoms with E-state index in [1.54, 1.807) is 6.33 Å². The number of fused-ring (bicyclic) bond motifs is 3. The summed E-state index contributed by atoms with van der Waals surface area (Å²) >= 11 is 0. The van der Waals surface area contributed by atoms with Crippen molar-refractivity contribution in [2.24, 2.45) is 5.92 Å². The highest BCUT2D eigenvalue weighted by Crippen LogP contribution is 2.46. The summed E-state index contributed by atoms with van der Waals surface area (Å²) in [5, 5.41) is 9.40. The number of hydrogen-bond donors (Lipinski definition) is 1. The van der Waals surface area contributed by atoms with Gasteiger partial charge >= 0.3 is 0 Å². The topological polar surface area (TPSA) is 111 Å². The van der Waals surface area contributed by atoms with Crippen LogP contribution in [-0.2, 0) is 23.3 Å². The highest BCUT2D eigenvalue weighted by molar-refractivity contribution is 5.87. The largest absolute Gasteiger partial charge is 0.490 e. The predicted molar refractivity (Wildman–Crippen MR) is 176 cm³/mol. The van der Waals surface area contributed by atoms with Gasteiger partial charge in [0.2, 0.25) is 5.91 Å². The van der Waals surface area contributed by atoms with Gasteiger partial charge in [-0.15, -0.1) is 0 Å². The second kappa shape index (κ2) is 12.9. The molecule has 1 saturated heterocycles. The maximum Gasteiger partial charge on any atom is 0.225 e. The second-order valence-electron chi connectivity index (χ2n) is 12.7. The van der Waals surface area contributed by atoms with E-state index in [0.29, 0.717) is 38.8 Å². The molecule has 1 spiro atoms. The molecule has 1 aromatic carbocycles. The van der Waals surface area contributed by atoms with Crippen molar-refractivity contribution in [3.63, 3.8) is 0 Å². The molecular formula is C35H44N8O3. The third kappa shape index (κ3) is 5.77. The molecule has 0 unspecified atom stereocenters. The minimum Gasteiger partial charge on any atom is -0.490 e. The van der Waals surface area contributed by atoms with E-state index in [4.69, 9.17) is 9.47 Å². The average Bonchev–Trinajstić information content (AvgIpc) is 3.48. The van der Waals surface area contributed by atoms with Gasteiger partial charge in [0.05, 0.1) is 37.0 Å². The Kier molecular flexibility index (Phi) is 8.50. The first kappa shape index (κ1) is 30.4. The molecule has 46 heavy (non-hydrogen) atoms. The van der Waals surface area contributed by atoms with E-state index in [1.165, 1.54) is 11.1 Å². The predicted octanol–water partition coefficient (Wildman–Crippen LogP) is 4.26. The van der Waals surface area contributed by atoms with Gasteiger partial charge in [-0.2, -0.15) is 5.10 Å². The minimum atomic E-state index is -0.113.